The van der Waals surface area contributed by atoms with Gasteiger partial charge in [-0.25, -0.2) is 0 Å². The predicted molar refractivity (Wildman–Crippen MR) is 108 cm³/mol. The molecule has 0 aliphatic carbocycles. The van der Waals surface area contributed by atoms with Gasteiger partial charge in [-0.05, 0) is 19.4 Å². The highest BCUT2D eigenvalue weighted by Gasteiger charge is 2.63. The number of aromatic nitrogens is 4. The molecule has 3 amide bonds. The van der Waals surface area contributed by atoms with Crippen LogP contribution in [0.25, 0.3) is 0 Å². The van der Waals surface area contributed by atoms with Crippen LogP contribution in [0.2, 0.25) is 0 Å². The molecular weight excluding hydrogens is 408 g/mol. The highest BCUT2D eigenvalue weighted by atomic mass is 32.2. The third kappa shape index (κ3) is 3.41. The highest BCUT2D eigenvalue weighted by molar-refractivity contribution is 8.01. The zero-order chi connectivity index (χ0) is 21.5. The van der Waals surface area contributed by atoms with Crippen molar-refractivity contribution in [2.24, 2.45) is 5.73 Å². The van der Waals surface area contributed by atoms with Crippen molar-refractivity contribution < 1.29 is 14.4 Å². The van der Waals surface area contributed by atoms with Crippen LogP contribution in [0.3, 0.4) is 0 Å². The summed E-state index contributed by atoms with van der Waals surface area (Å²) >= 11 is 1.57. The van der Waals surface area contributed by atoms with Gasteiger partial charge in [-0.1, -0.05) is 35.5 Å². The number of nitrogens with zero attached hydrogens (tertiary/aromatic N) is 4. The van der Waals surface area contributed by atoms with Crippen LogP contribution >= 0.6 is 11.8 Å². The zero-order valence-corrected chi connectivity index (χ0v) is 17.2. The first-order chi connectivity index (χ1) is 14.3. The average molecular weight is 430 g/mol. The molecule has 2 aliphatic heterocycles. The van der Waals surface area contributed by atoms with Crippen LogP contribution in [-0.2, 0) is 14.4 Å². The molecule has 0 bridgehead atoms. The normalized spacial score (nSPS) is 25.2. The fourth-order valence-corrected chi connectivity index (χ4v) is 5.48. The van der Waals surface area contributed by atoms with Crippen LogP contribution in [0.5, 0.6) is 0 Å². The molecular formula is C18H22N8O3S. The molecule has 1 aromatic carbocycles. The molecule has 158 valence electrons. The molecule has 2 aliphatic rings. The summed E-state index contributed by atoms with van der Waals surface area (Å²) in [5, 5.41) is 19.3. The third-order valence-corrected chi connectivity index (χ3v) is 6.80. The molecule has 12 heteroatoms. The van der Waals surface area contributed by atoms with E-state index in [1.54, 1.807) is 40.9 Å². The zero-order valence-electron chi connectivity index (χ0n) is 16.4. The molecule has 0 radical (unpaired) electrons. The second-order valence-electron chi connectivity index (χ2n) is 7.63. The number of carbonyl (C=O) groups excluding carboxylic acids is 3. The number of aromatic amines is 1. The van der Waals surface area contributed by atoms with Gasteiger partial charge < -0.3 is 21.3 Å². The summed E-state index contributed by atoms with van der Waals surface area (Å²) in [6.45, 7) is 3.75. The molecule has 30 heavy (non-hydrogen) atoms. The smallest absolute Gasteiger partial charge is 0.249 e. The van der Waals surface area contributed by atoms with E-state index in [1.165, 1.54) is 0 Å². The molecule has 0 saturated carbocycles. The number of hydrogen-bond acceptors (Lipinski definition) is 8. The first-order valence-corrected chi connectivity index (χ1v) is 10.3. The van der Waals surface area contributed by atoms with E-state index in [4.69, 9.17) is 5.73 Å². The summed E-state index contributed by atoms with van der Waals surface area (Å²) in [6, 6.07) is 6.80. The minimum absolute atomic E-state index is 0.224. The van der Waals surface area contributed by atoms with Crippen LogP contribution in [0, 0.1) is 0 Å². The Balaban J connectivity index is 1.52. The Morgan fingerprint density at radius 2 is 2.07 bits per heavy atom. The number of thioether (sulfide) groups is 1. The monoisotopic (exact) mass is 430 g/mol. The molecule has 5 N–H and O–H groups in total. The van der Waals surface area contributed by atoms with Crippen LogP contribution in [0.15, 0.2) is 30.3 Å². The van der Waals surface area contributed by atoms with Gasteiger partial charge in [0.05, 0.1) is 6.54 Å². The van der Waals surface area contributed by atoms with Crippen molar-refractivity contribution in [3.8, 4) is 0 Å². The summed E-state index contributed by atoms with van der Waals surface area (Å²) < 4.78 is -0.365. The van der Waals surface area contributed by atoms with Gasteiger partial charge in [0.15, 0.2) is 5.82 Å². The molecule has 0 spiro atoms. The number of rotatable bonds is 6. The van der Waals surface area contributed by atoms with Gasteiger partial charge in [0.1, 0.15) is 23.5 Å². The number of nitrogens with two attached hydrogens (primary N) is 1. The van der Waals surface area contributed by atoms with E-state index in [0.29, 0.717) is 11.4 Å². The molecule has 2 fully saturated rings. The first kappa shape index (κ1) is 20.3. The van der Waals surface area contributed by atoms with Gasteiger partial charge in [-0.3, -0.25) is 14.4 Å². The molecule has 2 unspecified atom stereocenters. The van der Waals surface area contributed by atoms with Crippen molar-refractivity contribution in [3.63, 3.8) is 0 Å². The summed E-state index contributed by atoms with van der Waals surface area (Å²) in [7, 11) is 0. The lowest BCUT2D eigenvalue weighted by atomic mass is 9.95. The number of nitrogens with one attached hydrogen (secondary N) is 3. The van der Waals surface area contributed by atoms with Crippen molar-refractivity contribution >= 4 is 29.5 Å². The number of carbonyl (C=O) groups is 3. The molecule has 2 saturated heterocycles. The molecule has 2 aromatic rings. The van der Waals surface area contributed by atoms with Crippen molar-refractivity contribution in [1.82, 2.24) is 36.2 Å². The summed E-state index contributed by atoms with van der Waals surface area (Å²) in [5.41, 5.74) is 5.99. The number of β-lactam (4-membered cyclic amide) rings is 1. The Hall–Kier alpha value is -2.99. The maximum atomic E-state index is 13.0. The lowest BCUT2D eigenvalue weighted by Gasteiger charge is -2.44. The van der Waals surface area contributed by atoms with Gasteiger partial charge in [0.25, 0.3) is 0 Å². The molecule has 4 rings (SSSR count). The van der Waals surface area contributed by atoms with Crippen molar-refractivity contribution in [3.05, 3.63) is 41.7 Å². The van der Waals surface area contributed by atoms with Crippen LogP contribution in [-0.4, -0.2) is 66.0 Å². The average Bonchev–Trinajstić information content (AvgIpc) is 3.34. The highest BCUT2D eigenvalue weighted by Crippen LogP contribution is 2.56. The molecule has 3 heterocycles. The topological polar surface area (TPSA) is 159 Å². The summed E-state index contributed by atoms with van der Waals surface area (Å²) in [5.74, 6) is -0.722. The van der Waals surface area contributed by atoms with Crippen molar-refractivity contribution in [2.45, 2.75) is 42.1 Å². The Labute approximate surface area is 176 Å². The van der Waals surface area contributed by atoms with Gasteiger partial charge in [0.2, 0.25) is 17.7 Å². The Morgan fingerprint density at radius 1 is 1.33 bits per heavy atom. The van der Waals surface area contributed by atoms with Gasteiger partial charge in [-0.2, -0.15) is 5.21 Å². The SMILES string of the molecule is CC1(C)S[C@@H]2C(NC(=O)[C@H](NC(=O)CN)c3ccccc3)C(=O)N2C1c1nn[nH]n1. The lowest BCUT2D eigenvalue weighted by molar-refractivity contribution is -0.152. The maximum absolute atomic E-state index is 13.0. The van der Waals surface area contributed by atoms with E-state index in [2.05, 4.69) is 31.3 Å². The fourth-order valence-electron chi connectivity index (χ4n) is 3.85. The van der Waals surface area contributed by atoms with Crippen LogP contribution < -0.4 is 16.4 Å². The van der Waals surface area contributed by atoms with Crippen LogP contribution in [0.1, 0.15) is 37.3 Å². The second-order valence-corrected chi connectivity index (χ2v) is 9.40. The number of amides is 3. The van der Waals surface area contributed by atoms with E-state index in [0.717, 1.165) is 0 Å². The fraction of sp³-hybridized carbons (Fsp3) is 0.444. The quantitative estimate of drug-likeness (QED) is 0.435. The summed E-state index contributed by atoms with van der Waals surface area (Å²) in [4.78, 5) is 39.5. The largest absolute Gasteiger partial charge is 0.340 e. The number of tetrazole rings is 1. The molecule has 1 aromatic heterocycles. The van der Waals surface area contributed by atoms with E-state index in [1.807, 2.05) is 19.9 Å². The lowest BCUT2D eigenvalue weighted by Crippen LogP contribution is -2.68. The first-order valence-electron chi connectivity index (χ1n) is 9.41. The molecule has 4 atom stereocenters. The minimum atomic E-state index is -0.948. The number of fused-ring (bicyclic) bond motifs is 1. The minimum Gasteiger partial charge on any atom is -0.340 e. The van der Waals surface area contributed by atoms with E-state index < -0.39 is 23.9 Å². The van der Waals surface area contributed by atoms with Gasteiger partial charge in [-0.15, -0.1) is 22.0 Å². The second kappa shape index (κ2) is 7.69. The Kier molecular flexibility index (Phi) is 5.20. The molecule has 11 nitrogen and oxygen atoms in total. The number of hydrogen-bond donors (Lipinski definition) is 4. The predicted octanol–water partition coefficient (Wildman–Crippen LogP) is -0.764. The maximum Gasteiger partial charge on any atom is 0.249 e. The van der Waals surface area contributed by atoms with Gasteiger partial charge >= 0.3 is 0 Å². The number of benzene rings is 1. The van der Waals surface area contributed by atoms with E-state index >= 15 is 0 Å². The third-order valence-electron chi connectivity index (χ3n) is 5.23. The van der Waals surface area contributed by atoms with Crippen molar-refractivity contribution in [2.75, 3.05) is 6.54 Å². The van der Waals surface area contributed by atoms with Crippen LogP contribution in [0.4, 0.5) is 0 Å². The Morgan fingerprint density at radius 3 is 2.70 bits per heavy atom. The van der Waals surface area contributed by atoms with Crippen molar-refractivity contribution in [1.29, 1.82) is 0 Å². The van der Waals surface area contributed by atoms with Gasteiger partial charge in [0, 0.05) is 4.75 Å². The van der Waals surface area contributed by atoms with E-state index in [-0.39, 0.29) is 28.6 Å². The Bertz CT molecular complexity index is 952. The standard InChI is InChI=1S/C18H22N8O3S/c1-18(2)13(14-22-24-25-23-14)26-16(29)12(17(26)30-18)21-15(28)11(20-10(27)8-19)9-6-4-3-5-7-9/h3-7,11-13,17H,8,19H2,1-2H3,(H,20,27)(H,21,28)(H,22,23,24,25)/t11-,12?,13?,17-/m1/s1. The van der Waals surface area contributed by atoms with E-state index in [9.17, 15) is 14.4 Å². The summed E-state index contributed by atoms with van der Waals surface area (Å²) in [6.07, 6.45) is 0. The number of H-pyrrole nitrogens is 1.